The Hall–Kier alpha value is -0.350. The molecule has 1 aromatic heterocycles. The lowest BCUT2D eigenvalue weighted by molar-refractivity contribution is 0.694. The lowest BCUT2D eigenvalue weighted by atomic mass is 9.95. The van der Waals surface area contributed by atoms with E-state index in [1.54, 1.807) is 11.3 Å². The summed E-state index contributed by atoms with van der Waals surface area (Å²) in [6, 6.07) is 8.69. The molecule has 1 N–H and O–H groups in total. The highest BCUT2D eigenvalue weighted by Crippen LogP contribution is 2.38. The lowest BCUT2D eigenvalue weighted by Crippen LogP contribution is -2.18. The molecule has 0 saturated heterocycles. The van der Waals surface area contributed by atoms with E-state index < -0.39 is 0 Å². The second-order valence-corrected chi connectivity index (χ2v) is 6.84. The third kappa shape index (κ3) is 2.64. The third-order valence-corrected chi connectivity index (χ3v) is 5.61. The number of hydrogen-bond donors (Lipinski definition) is 1. The molecule has 1 heterocycles. The van der Waals surface area contributed by atoms with Crippen molar-refractivity contribution in [3.8, 4) is 0 Å². The number of aryl methyl sites for hydroxylation is 2. The summed E-state index contributed by atoms with van der Waals surface area (Å²) in [5.74, 6) is 0. The standard InChI is InChI=1S/C14H15BrClNS/c1-8-5-4-6-9(2)12(8)13(17-3)11-7-10(15)14(16)18-11/h4-7,13,17H,1-3H3. The van der Waals surface area contributed by atoms with Crippen LogP contribution in [-0.2, 0) is 0 Å². The molecule has 0 saturated carbocycles. The Morgan fingerprint density at radius 2 is 1.89 bits per heavy atom. The fourth-order valence-electron chi connectivity index (χ4n) is 2.22. The molecule has 1 atom stereocenters. The third-order valence-electron chi connectivity index (χ3n) is 3.07. The number of thiophene rings is 1. The predicted molar refractivity (Wildman–Crippen MR) is 83.8 cm³/mol. The summed E-state index contributed by atoms with van der Waals surface area (Å²) in [5, 5.41) is 3.39. The fraction of sp³-hybridized carbons (Fsp3) is 0.286. The highest BCUT2D eigenvalue weighted by molar-refractivity contribution is 9.10. The average Bonchev–Trinajstić information content (AvgIpc) is 2.64. The van der Waals surface area contributed by atoms with Crippen LogP contribution in [0.1, 0.15) is 27.6 Å². The van der Waals surface area contributed by atoms with E-state index in [2.05, 4.69) is 59.4 Å². The largest absolute Gasteiger partial charge is 0.309 e. The van der Waals surface area contributed by atoms with Crippen LogP contribution >= 0.6 is 38.9 Å². The zero-order valence-electron chi connectivity index (χ0n) is 10.6. The molecule has 0 amide bonds. The zero-order chi connectivity index (χ0) is 13.3. The van der Waals surface area contributed by atoms with Gasteiger partial charge in [0.2, 0.25) is 0 Å². The van der Waals surface area contributed by atoms with Gasteiger partial charge in [-0.2, -0.15) is 0 Å². The lowest BCUT2D eigenvalue weighted by Gasteiger charge is -2.20. The van der Waals surface area contributed by atoms with Gasteiger partial charge >= 0.3 is 0 Å². The van der Waals surface area contributed by atoms with Gasteiger partial charge in [-0.15, -0.1) is 11.3 Å². The van der Waals surface area contributed by atoms with Gasteiger partial charge in [-0.25, -0.2) is 0 Å². The summed E-state index contributed by atoms with van der Waals surface area (Å²) in [7, 11) is 1.98. The second kappa shape index (κ2) is 5.74. The van der Waals surface area contributed by atoms with Crippen molar-refractivity contribution in [1.82, 2.24) is 5.32 Å². The molecule has 1 aromatic carbocycles. The molecule has 96 valence electrons. The van der Waals surface area contributed by atoms with E-state index in [1.165, 1.54) is 21.6 Å². The summed E-state index contributed by atoms with van der Waals surface area (Å²) in [6.45, 7) is 4.30. The smallest absolute Gasteiger partial charge is 0.107 e. The fourth-order valence-corrected chi connectivity index (χ4v) is 4.07. The van der Waals surface area contributed by atoms with Crippen molar-refractivity contribution in [2.24, 2.45) is 0 Å². The van der Waals surface area contributed by atoms with Crippen LogP contribution in [-0.4, -0.2) is 7.05 Å². The van der Waals surface area contributed by atoms with Gasteiger partial charge in [-0.1, -0.05) is 29.8 Å². The Morgan fingerprint density at radius 1 is 1.28 bits per heavy atom. The maximum atomic E-state index is 6.14. The van der Waals surface area contributed by atoms with Crippen LogP contribution < -0.4 is 5.32 Å². The molecule has 2 aromatic rings. The van der Waals surface area contributed by atoms with Gasteiger partial charge in [0.25, 0.3) is 0 Å². The number of nitrogens with one attached hydrogen (secondary N) is 1. The van der Waals surface area contributed by atoms with E-state index in [0.717, 1.165) is 8.81 Å². The van der Waals surface area contributed by atoms with Crippen LogP contribution in [0.2, 0.25) is 4.34 Å². The minimum atomic E-state index is 0.194. The van der Waals surface area contributed by atoms with Gasteiger partial charge in [0.1, 0.15) is 4.34 Å². The molecule has 0 fully saturated rings. The van der Waals surface area contributed by atoms with Crippen molar-refractivity contribution in [2.75, 3.05) is 7.05 Å². The van der Waals surface area contributed by atoms with Gasteiger partial charge in [0.05, 0.1) is 6.04 Å². The van der Waals surface area contributed by atoms with Gasteiger partial charge < -0.3 is 5.32 Å². The van der Waals surface area contributed by atoms with Gasteiger partial charge in [-0.3, -0.25) is 0 Å². The molecule has 18 heavy (non-hydrogen) atoms. The Kier molecular flexibility index (Phi) is 4.49. The van der Waals surface area contributed by atoms with Crippen molar-refractivity contribution < 1.29 is 0 Å². The SMILES string of the molecule is CNC(c1cc(Br)c(Cl)s1)c1c(C)cccc1C. The molecule has 0 aliphatic carbocycles. The van der Waals surface area contributed by atoms with E-state index in [9.17, 15) is 0 Å². The normalized spacial score (nSPS) is 12.7. The van der Waals surface area contributed by atoms with E-state index in [0.29, 0.717) is 0 Å². The molecular weight excluding hydrogens is 330 g/mol. The minimum absolute atomic E-state index is 0.194. The molecule has 0 spiro atoms. The minimum Gasteiger partial charge on any atom is -0.309 e. The summed E-state index contributed by atoms with van der Waals surface area (Å²) in [6.07, 6.45) is 0. The summed E-state index contributed by atoms with van der Waals surface area (Å²) >= 11 is 11.2. The first kappa shape index (κ1) is 14.1. The molecule has 0 bridgehead atoms. The van der Waals surface area contributed by atoms with Crippen LogP contribution in [0.3, 0.4) is 0 Å². The first-order chi connectivity index (χ1) is 8.54. The van der Waals surface area contributed by atoms with Crippen molar-refractivity contribution in [2.45, 2.75) is 19.9 Å². The highest BCUT2D eigenvalue weighted by atomic mass is 79.9. The maximum Gasteiger partial charge on any atom is 0.107 e. The highest BCUT2D eigenvalue weighted by Gasteiger charge is 2.19. The van der Waals surface area contributed by atoms with Crippen molar-refractivity contribution in [1.29, 1.82) is 0 Å². The molecule has 0 aliphatic heterocycles. The van der Waals surface area contributed by atoms with Crippen molar-refractivity contribution >= 4 is 38.9 Å². The van der Waals surface area contributed by atoms with Gasteiger partial charge in [0, 0.05) is 9.35 Å². The number of benzene rings is 1. The van der Waals surface area contributed by atoms with Crippen LogP contribution in [0.25, 0.3) is 0 Å². The van der Waals surface area contributed by atoms with Crippen LogP contribution in [0.5, 0.6) is 0 Å². The number of rotatable bonds is 3. The Morgan fingerprint density at radius 3 is 2.33 bits per heavy atom. The summed E-state index contributed by atoms with van der Waals surface area (Å²) in [5.41, 5.74) is 3.94. The maximum absolute atomic E-state index is 6.14. The Labute approximate surface area is 125 Å². The van der Waals surface area contributed by atoms with E-state index in [-0.39, 0.29) is 6.04 Å². The van der Waals surface area contributed by atoms with Crippen LogP contribution in [0.15, 0.2) is 28.7 Å². The molecule has 0 aliphatic rings. The average molecular weight is 345 g/mol. The number of halogens is 2. The monoisotopic (exact) mass is 343 g/mol. The van der Waals surface area contributed by atoms with Gasteiger partial charge in [0.15, 0.2) is 0 Å². The zero-order valence-corrected chi connectivity index (χ0v) is 13.7. The molecule has 0 radical (unpaired) electrons. The summed E-state index contributed by atoms with van der Waals surface area (Å²) < 4.78 is 1.77. The molecule has 2 rings (SSSR count). The Balaban J connectivity index is 2.52. The molecule has 1 nitrogen and oxygen atoms in total. The summed E-state index contributed by atoms with van der Waals surface area (Å²) in [4.78, 5) is 1.23. The quantitative estimate of drug-likeness (QED) is 0.818. The van der Waals surface area contributed by atoms with Crippen LogP contribution in [0, 0.1) is 13.8 Å². The molecule has 4 heteroatoms. The van der Waals surface area contributed by atoms with Crippen molar-refractivity contribution in [3.05, 3.63) is 54.6 Å². The first-order valence-electron chi connectivity index (χ1n) is 5.72. The number of hydrogen-bond acceptors (Lipinski definition) is 2. The van der Waals surface area contributed by atoms with Crippen LogP contribution in [0.4, 0.5) is 0 Å². The molecular formula is C14H15BrClNS. The van der Waals surface area contributed by atoms with E-state index in [4.69, 9.17) is 11.6 Å². The van der Waals surface area contributed by atoms with E-state index in [1.807, 2.05) is 7.05 Å². The Bertz CT molecular complexity index is 525. The second-order valence-electron chi connectivity index (χ2n) is 4.30. The molecule has 1 unspecified atom stereocenters. The predicted octanol–water partition coefficient (Wildman–Crippen LogP) is 5.09. The van der Waals surface area contributed by atoms with Crippen molar-refractivity contribution in [3.63, 3.8) is 0 Å². The topological polar surface area (TPSA) is 12.0 Å². The van der Waals surface area contributed by atoms with E-state index >= 15 is 0 Å². The first-order valence-corrected chi connectivity index (χ1v) is 7.71. The van der Waals surface area contributed by atoms with Gasteiger partial charge in [-0.05, 0) is 59.6 Å².